The topological polar surface area (TPSA) is 15.3 Å². The molecule has 58 valence electrons. The smallest absolute Gasteiger partial charge is 0.0676 e. The quantitative estimate of drug-likeness (QED) is 0.601. The lowest BCUT2D eigenvalue weighted by atomic mass is 10.1. The molecule has 2 aliphatic heterocycles. The molecule has 1 N–H and O–H groups in total. The van der Waals surface area contributed by atoms with Crippen LogP contribution in [0.3, 0.4) is 0 Å². The first-order chi connectivity index (χ1) is 5.42. The van der Waals surface area contributed by atoms with Crippen LogP contribution in [0.4, 0.5) is 0 Å². The lowest BCUT2D eigenvalue weighted by Crippen LogP contribution is -2.26. The Morgan fingerprint density at radius 2 is 2.64 bits per heavy atom. The van der Waals surface area contributed by atoms with E-state index in [1.54, 1.807) is 0 Å². The van der Waals surface area contributed by atoms with E-state index in [-0.39, 0.29) is 0 Å². The molecule has 0 spiro atoms. The fourth-order valence-corrected chi connectivity index (χ4v) is 1.64. The highest BCUT2D eigenvalue weighted by Crippen LogP contribution is 2.23. The number of rotatable bonds is 1. The summed E-state index contributed by atoms with van der Waals surface area (Å²) in [5.41, 5.74) is 1.35. The lowest BCUT2D eigenvalue weighted by molar-refractivity contribution is 0.531. The highest BCUT2D eigenvalue weighted by atomic mass is 15.2. The molecule has 0 bridgehead atoms. The second-order valence-electron chi connectivity index (χ2n) is 2.83. The average molecular weight is 148 g/mol. The van der Waals surface area contributed by atoms with Crippen LogP contribution < -0.4 is 5.32 Å². The third-order valence-corrected chi connectivity index (χ3v) is 2.23. The third kappa shape index (κ3) is 0.946. The van der Waals surface area contributed by atoms with E-state index in [4.69, 9.17) is 0 Å². The Labute approximate surface area is 66.9 Å². The van der Waals surface area contributed by atoms with Gasteiger partial charge in [0.15, 0.2) is 0 Å². The van der Waals surface area contributed by atoms with Gasteiger partial charge in [0, 0.05) is 12.2 Å². The van der Waals surface area contributed by atoms with Crippen molar-refractivity contribution in [2.45, 2.75) is 12.5 Å². The number of hydrogen-bond acceptors (Lipinski definition) is 2. The fourth-order valence-electron chi connectivity index (χ4n) is 1.64. The first kappa shape index (κ1) is 6.53. The van der Waals surface area contributed by atoms with E-state index in [0.29, 0.717) is 6.04 Å². The Balaban J connectivity index is 2.25. The van der Waals surface area contributed by atoms with Gasteiger partial charge in [-0.3, -0.25) is 0 Å². The summed E-state index contributed by atoms with van der Waals surface area (Å²) < 4.78 is 0. The Bertz CT molecular complexity index is 228. The van der Waals surface area contributed by atoms with Crippen LogP contribution in [0.15, 0.2) is 36.8 Å². The fraction of sp³-hybridized carbons (Fsp3) is 0.333. The molecule has 1 atom stereocenters. The van der Waals surface area contributed by atoms with Gasteiger partial charge in [-0.15, -0.1) is 0 Å². The van der Waals surface area contributed by atoms with Crippen molar-refractivity contribution in [1.29, 1.82) is 0 Å². The van der Waals surface area contributed by atoms with Crippen LogP contribution in [0.5, 0.6) is 0 Å². The van der Waals surface area contributed by atoms with Crippen molar-refractivity contribution < 1.29 is 0 Å². The van der Waals surface area contributed by atoms with Gasteiger partial charge in [-0.25, -0.2) is 0 Å². The largest absolute Gasteiger partial charge is 0.383 e. The maximum Gasteiger partial charge on any atom is 0.0676 e. The van der Waals surface area contributed by atoms with Crippen molar-refractivity contribution >= 4 is 0 Å². The molecular formula is C9H12N2. The summed E-state index contributed by atoms with van der Waals surface area (Å²) in [5, 5.41) is 3.31. The summed E-state index contributed by atoms with van der Waals surface area (Å²) in [7, 11) is 0. The number of dihydropyridines is 1. The first-order valence-electron chi connectivity index (χ1n) is 3.94. The lowest BCUT2D eigenvalue weighted by Gasteiger charge is -2.20. The molecule has 0 radical (unpaired) electrons. The summed E-state index contributed by atoms with van der Waals surface area (Å²) in [6.45, 7) is 4.86. The maximum atomic E-state index is 3.77. The zero-order chi connectivity index (χ0) is 7.68. The maximum absolute atomic E-state index is 3.77. The van der Waals surface area contributed by atoms with Crippen LogP contribution in [0.1, 0.15) is 6.42 Å². The van der Waals surface area contributed by atoms with Gasteiger partial charge < -0.3 is 10.2 Å². The van der Waals surface area contributed by atoms with Crippen molar-refractivity contribution in [1.82, 2.24) is 10.2 Å². The predicted molar refractivity (Wildman–Crippen MR) is 45.7 cm³/mol. The molecule has 1 fully saturated rings. The van der Waals surface area contributed by atoms with Gasteiger partial charge in [0.25, 0.3) is 0 Å². The van der Waals surface area contributed by atoms with E-state index < -0.39 is 0 Å². The normalized spacial score (nSPS) is 27.5. The summed E-state index contributed by atoms with van der Waals surface area (Å²) in [6, 6.07) is 0.526. The molecule has 11 heavy (non-hydrogen) atoms. The monoisotopic (exact) mass is 148 g/mol. The van der Waals surface area contributed by atoms with E-state index in [2.05, 4.69) is 22.9 Å². The van der Waals surface area contributed by atoms with Crippen LogP contribution >= 0.6 is 0 Å². The van der Waals surface area contributed by atoms with Gasteiger partial charge in [-0.2, -0.15) is 0 Å². The van der Waals surface area contributed by atoms with Crippen molar-refractivity contribution in [3.05, 3.63) is 36.8 Å². The summed E-state index contributed by atoms with van der Waals surface area (Å²) in [6.07, 6.45) is 9.26. The molecule has 0 aliphatic carbocycles. The number of hydrogen-bond donors (Lipinski definition) is 1. The number of nitrogens with one attached hydrogen (secondary N) is 1. The number of nitrogens with zero attached hydrogens (tertiary/aromatic N) is 1. The van der Waals surface area contributed by atoms with Crippen LogP contribution in [-0.4, -0.2) is 17.5 Å². The summed E-state index contributed by atoms with van der Waals surface area (Å²) >= 11 is 0. The minimum absolute atomic E-state index is 0.526. The van der Waals surface area contributed by atoms with Crippen LogP contribution in [0.25, 0.3) is 0 Å². The van der Waals surface area contributed by atoms with Gasteiger partial charge in [0.1, 0.15) is 0 Å². The summed E-state index contributed by atoms with van der Waals surface area (Å²) in [4.78, 5) is 2.20. The molecular weight excluding hydrogens is 136 g/mol. The second kappa shape index (κ2) is 2.46. The third-order valence-electron chi connectivity index (χ3n) is 2.23. The molecule has 0 aromatic heterocycles. The van der Waals surface area contributed by atoms with Crippen molar-refractivity contribution in [3.63, 3.8) is 0 Å². The Kier molecular flexibility index (Phi) is 1.46. The van der Waals surface area contributed by atoms with Crippen molar-refractivity contribution in [3.8, 4) is 0 Å². The Morgan fingerprint density at radius 3 is 3.45 bits per heavy atom. The minimum atomic E-state index is 0.526. The van der Waals surface area contributed by atoms with Crippen molar-refractivity contribution in [2.75, 3.05) is 6.54 Å². The van der Waals surface area contributed by atoms with Gasteiger partial charge in [-0.1, -0.05) is 6.58 Å². The van der Waals surface area contributed by atoms with E-state index in [0.717, 1.165) is 6.54 Å². The molecule has 0 aromatic rings. The van der Waals surface area contributed by atoms with Gasteiger partial charge >= 0.3 is 0 Å². The first-order valence-corrected chi connectivity index (χ1v) is 3.94. The molecule has 0 aromatic carbocycles. The second-order valence-corrected chi connectivity index (χ2v) is 2.83. The molecule has 2 heteroatoms. The van der Waals surface area contributed by atoms with E-state index in [1.807, 2.05) is 18.5 Å². The Hall–Kier alpha value is -1.18. The minimum Gasteiger partial charge on any atom is -0.383 e. The molecule has 2 aliphatic rings. The zero-order valence-electron chi connectivity index (χ0n) is 6.46. The van der Waals surface area contributed by atoms with Crippen LogP contribution in [-0.2, 0) is 0 Å². The molecule has 2 rings (SSSR count). The highest BCUT2D eigenvalue weighted by molar-refractivity contribution is 5.26. The van der Waals surface area contributed by atoms with E-state index >= 15 is 0 Å². The van der Waals surface area contributed by atoms with Gasteiger partial charge in [0.2, 0.25) is 0 Å². The van der Waals surface area contributed by atoms with E-state index in [9.17, 15) is 0 Å². The standard InChI is InChI=1S/C9H12N2/c1-2-11-7-5-8-9(11)4-3-6-10-8/h2-4,6,8,10H,1,5,7H2. The molecule has 1 saturated heterocycles. The SMILES string of the molecule is C=CN1CCC2NC=CC=C21. The molecule has 1 unspecified atom stereocenters. The van der Waals surface area contributed by atoms with Gasteiger partial charge in [0.05, 0.1) is 6.04 Å². The van der Waals surface area contributed by atoms with Crippen molar-refractivity contribution in [2.24, 2.45) is 0 Å². The predicted octanol–water partition coefficient (Wildman–Crippen LogP) is 1.21. The van der Waals surface area contributed by atoms with Gasteiger partial charge in [-0.05, 0) is 31.0 Å². The molecule has 2 nitrogen and oxygen atoms in total. The molecule has 0 saturated carbocycles. The Morgan fingerprint density at radius 1 is 1.73 bits per heavy atom. The number of fused-ring (bicyclic) bond motifs is 1. The number of allylic oxidation sites excluding steroid dienone is 2. The van der Waals surface area contributed by atoms with E-state index in [1.165, 1.54) is 12.1 Å². The zero-order valence-corrected chi connectivity index (χ0v) is 6.46. The average Bonchev–Trinajstić information content (AvgIpc) is 2.47. The molecule has 2 heterocycles. The highest BCUT2D eigenvalue weighted by Gasteiger charge is 2.25. The van der Waals surface area contributed by atoms with Crippen LogP contribution in [0.2, 0.25) is 0 Å². The number of likely N-dealkylation sites (tertiary alicyclic amines) is 1. The summed E-state index contributed by atoms with van der Waals surface area (Å²) in [5.74, 6) is 0. The van der Waals surface area contributed by atoms with Crippen LogP contribution in [0, 0.1) is 0 Å². The molecule has 0 amide bonds.